The minimum Gasteiger partial charge on any atom is -0.371 e. The minimum absolute atomic E-state index is 0.0773. The molecule has 0 saturated heterocycles. The molecule has 3 rings (SSSR count). The molecule has 1 aliphatic rings. The normalized spacial score (nSPS) is 19.6. The summed E-state index contributed by atoms with van der Waals surface area (Å²) in [6.07, 6.45) is -9.25. The fourth-order valence-corrected chi connectivity index (χ4v) is 3.31. The number of nitrogens with one attached hydrogen (secondary N) is 2. The molecule has 11 heteroatoms. The summed E-state index contributed by atoms with van der Waals surface area (Å²) in [6, 6.07) is 10.2. The molecule has 32 heavy (non-hydrogen) atoms. The molecule has 0 fully saturated rings. The van der Waals surface area contributed by atoms with Crippen molar-refractivity contribution in [2.75, 3.05) is 13.2 Å². The summed E-state index contributed by atoms with van der Waals surface area (Å²) in [5.41, 5.74) is -3.30. The highest BCUT2D eigenvalue weighted by Gasteiger charge is 2.40. The molecule has 0 bridgehead atoms. The second-order valence-corrected chi connectivity index (χ2v) is 7.27. The summed E-state index contributed by atoms with van der Waals surface area (Å²) in [5.74, 6) is 0.186. The number of hydrogen-bond donors (Lipinski definition) is 2. The second-order valence-electron chi connectivity index (χ2n) is 7.27. The average Bonchev–Trinajstić information content (AvgIpc) is 3.15. The molecule has 0 saturated carbocycles. The van der Waals surface area contributed by atoms with Crippen LogP contribution in [-0.4, -0.2) is 19.1 Å². The molecule has 1 heterocycles. The van der Waals surface area contributed by atoms with Crippen LogP contribution in [0.4, 0.5) is 26.3 Å². The highest BCUT2D eigenvalue weighted by atomic mass is 19.4. The Hall–Kier alpha value is -3.26. The van der Waals surface area contributed by atoms with Crippen LogP contribution in [0.5, 0.6) is 0 Å². The van der Waals surface area contributed by atoms with E-state index in [1.54, 1.807) is 36.5 Å². The van der Waals surface area contributed by atoms with Crippen molar-refractivity contribution >= 4 is 5.96 Å². The minimum atomic E-state index is -4.94. The predicted molar refractivity (Wildman–Crippen MR) is 103 cm³/mol. The SMILES string of the molecule is C[C@@H](OC[C@@]1(c2ccccc2)CN=C(NC#N)N1)c1cc(C(F)(F)F)cc(C(F)(F)F)c1. The molecular formula is C21H18F6N4O. The van der Waals surface area contributed by atoms with E-state index >= 15 is 0 Å². The first-order chi connectivity index (χ1) is 14.9. The molecule has 2 aromatic carbocycles. The number of ether oxygens (including phenoxy) is 1. The van der Waals surface area contributed by atoms with Gasteiger partial charge in [0.25, 0.3) is 0 Å². The monoisotopic (exact) mass is 456 g/mol. The standard InChI is InChI=1S/C21H18F6N4O/c1-13(14-7-16(20(22,23)24)9-17(8-14)21(25,26)27)32-11-19(15-5-3-2-4-6-15)10-29-18(31-19)30-12-28/h2-9,13H,10-11H2,1H3,(H2,29,30,31)/t13-,19-/m1/s1. The smallest absolute Gasteiger partial charge is 0.371 e. The van der Waals surface area contributed by atoms with Gasteiger partial charge in [0.05, 0.1) is 30.4 Å². The lowest BCUT2D eigenvalue weighted by atomic mass is 9.91. The number of nitrogens with zero attached hydrogens (tertiary/aromatic N) is 2. The van der Waals surface area contributed by atoms with Gasteiger partial charge in [-0.1, -0.05) is 30.3 Å². The Morgan fingerprint density at radius 3 is 2.22 bits per heavy atom. The average molecular weight is 456 g/mol. The molecule has 0 unspecified atom stereocenters. The molecule has 0 spiro atoms. The molecule has 2 N–H and O–H groups in total. The van der Waals surface area contributed by atoms with Crippen LogP contribution in [0.15, 0.2) is 53.5 Å². The lowest BCUT2D eigenvalue weighted by molar-refractivity contribution is -0.143. The van der Waals surface area contributed by atoms with Gasteiger partial charge in [0.2, 0.25) is 5.96 Å². The Morgan fingerprint density at radius 2 is 1.69 bits per heavy atom. The molecule has 0 aromatic heterocycles. The number of rotatable bonds is 5. The van der Waals surface area contributed by atoms with Crippen LogP contribution in [0.2, 0.25) is 0 Å². The molecule has 0 amide bonds. The Balaban J connectivity index is 1.87. The zero-order chi connectivity index (χ0) is 23.6. The number of benzene rings is 2. The van der Waals surface area contributed by atoms with Crippen LogP contribution in [0.1, 0.15) is 35.3 Å². The number of guanidine groups is 1. The summed E-state index contributed by atoms with van der Waals surface area (Å²) in [7, 11) is 0. The molecule has 170 valence electrons. The van der Waals surface area contributed by atoms with E-state index in [-0.39, 0.29) is 30.7 Å². The van der Waals surface area contributed by atoms with Crippen LogP contribution in [0.25, 0.3) is 0 Å². The van der Waals surface area contributed by atoms with Crippen LogP contribution < -0.4 is 10.6 Å². The summed E-state index contributed by atoms with van der Waals surface area (Å²) >= 11 is 0. The van der Waals surface area contributed by atoms with Crippen molar-refractivity contribution in [1.82, 2.24) is 10.6 Å². The molecule has 2 aromatic rings. The maximum atomic E-state index is 13.2. The molecule has 1 aliphatic heterocycles. The summed E-state index contributed by atoms with van der Waals surface area (Å²) < 4.78 is 84.7. The quantitative estimate of drug-likeness (QED) is 0.388. The van der Waals surface area contributed by atoms with Crippen LogP contribution in [-0.2, 0) is 22.6 Å². The maximum Gasteiger partial charge on any atom is 0.416 e. The molecular weight excluding hydrogens is 438 g/mol. The van der Waals surface area contributed by atoms with E-state index in [0.29, 0.717) is 12.1 Å². The fraction of sp³-hybridized carbons (Fsp3) is 0.333. The largest absolute Gasteiger partial charge is 0.416 e. The highest BCUT2D eigenvalue weighted by Crippen LogP contribution is 2.38. The third-order valence-electron chi connectivity index (χ3n) is 5.02. The molecule has 2 atom stereocenters. The predicted octanol–water partition coefficient (Wildman–Crippen LogP) is 4.73. The van der Waals surface area contributed by atoms with Gasteiger partial charge in [-0.2, -0.15) is 31.6 Å². The zero-order valence-corrected chi connectivity index (χ0v) is 16.7. The third kappa shape index (κ3) is 5.13. The number of halogens is 6. The van der Waals surface area contributed by atoms with Gasteiger partial charge in [-0.3, -0.25) is 5.32 Å². The number of aliphatic imine (C=N–C) groups is 1. The van der Waals surface area contributed by atoms with E-state index in [1.165, 1.54) is 6.92 Å². The van der Waals surface area contributed by atoms with Crippen molar-refractivity contribution < 1.29 is 31.1 Å². The topological polar surface area (TPSA) is 69.4 Å². The van der Waals surface area contributed by atoms with Gasteiger partial charge < -0.3 is 10.1 Å². The molecule has 5 nitrogen and oxygen atoms in total. The van der Waals surface area contributed by atoms with Crippen molar-refractivity contribution in [1.29, 1.82) is 5.26 Å². The van der Waals surface area contributed by atoms with Crippen LogP contribution in [0, 0.1) is 11.5 Å². The first-order valence-electron chi connectivity index (χ1n) is 9.39. The third-order valence-corrected chi connectivity index (χ3v) is 5.02. The van der Waals surface area contributed by atoms with Gasteiger partial charge in [-0.15, -0.1) is 0 Å². The van der Waals surface area contributed by atoms with E-state index in [2.05, 4.69) is 15.6 Å². The van der Waals surface area contributed by atoms with E-state index in [4.69, 9.17) is 10.00 Å². The first-order valence-corrected chi connectivity index (χ1v) is 9.39. The van der Waals surface area contributed by atoms with Gasteiger partial charge in [0.15, 0.2) is 6.19 Å². The zero-order valence-electron chi connectivity index (χ0n) is 16.7. The van der Waals surface area contributed by atoms with Crippen molar-refractivity contribution in [3.8, 4) is 6.19 Å². The van der Waals surface area contributed by atoms with E-state index in [0.717, 1.165) is 5.56 Å². The fourth-order valence-electron chi connectivity index (χ4n) is 3.31. The van der Waals surface area contributed by atoms with Gasteiger partial charge in [-0.25, -0.2) is 4.99 Å². The maximum absolute atomic E-state index is 13.2. The number of nitriles is 1. The van der Waals surface area contributed by atoms with Gasteiger partial charge in [0.1, 0.15) is 5.54 Å². The van der Waals surface area contributed by atoms with Crippen molar-refractivity contribution in [2.45, 2.75) is 30.9 Å². The van der Waals surface area contributed by atoms with Crippen molar-refractivity contribution in [3.63, 3.8) is 0 Å². The second kappa shape index (κ2) is 8.70. The van der Waals surface area contributed by atoms with Gasteiger partial charge >= 0.3 is 12.4 Å². The Kier molecular flexibility index (Phi) is 6.37. The number of hydrogen-bond acceptors (Lipinski definition) is 5. The summed E-state index contributed by atoms with van der Waals surface area (Å²) in [4.78, 5) is 4.19. The van der Waals surface area contributed by atoms with E-state index in [9.17, 15) is 26.3 Å². The van der Waals surface area contributed by atoms with Crippen molar-refractivity contribution in [3.05, 3.63) is 70.8 Å². The van der Waals surface area contributed by atoms with Crippen LogP contribution >= 0.6 is 0 Å². The Bertz CT molecular complexity index is 997. The lowest BCUT2D eigenvalue weighted by Gasteiger charge is -2.31. The van der Waals surface area contributed by atoms with Crippen molar-refractivity contribution in [2.24, 2.45) is 4.99 Å². The first kappa shape index (κ1) is 23.4. The van der Waals surface area contributed by atoms with E-state index < -0.39 is 35.1 Å². The van der Waals surface area contributed by atoms with E-state index in [1.807, 2.05) is 0 Å². The Morgan fingerprint density at radius 1 is 1.09 bits per heavy atom. The molecule has 0 radical (unpaired) electrons. The molecule has 0 aliphatic carbocycles. The van der Waals surface area contributed by atoms with Gasteiger partial charge in [-0.05, 0) is 36.2 Å². The Labute approximate surface area is 179 Å². The highest BCUT2D eigenvalue weighted by molar-refractivity contribution is 5.84. The summed E-state index contributed by atoms with van der Waals surface area (Å²) in [6.45, 7) is 1.39. The van der Waals surface area contributed by atoms with Gasteiger partial charge in [0, 0.05) is 0 Å². The number of alkyl halides is 6. The summed E-state index contributed by atoms with van der Waals surface area (Å²) in [5, 5.41) is 14.2. The van der Waals surface area contributed by atoms with Crippen LogP contribution in [0.3, 0.4) is 0 Å². The lowest BCUT2D eigenvalue weighted by Crippen LogP contribution is -2.49.